The maximum atomic E-state index is 6.12. The Balaban J connectivity index is 0.00000120. The SMILES string of the molecule is Cc1ccc(N2CCc3ccccc32)c(N)c1.Cl. The Hall–Kier alpha value is -1.67. The Morgan fingerprint density at radius 2 is 1.83 bits per heavy atom. The fraction of sp³-hybridized carbons (Fsp3) is 0.200. The van der Waals surface area contributed by atoms with Crippen molar-refractivity contribution in [2.45, 2.75) is 13.3 Å². The first kappa shape index (κ1) is 12.8. The number of para-hydroxylation sites is 1. The van der Waals surface area contributed by atoms with Crippen molar-refractivity contribution in [1.82, 2.24) is 0 Å². The molecule has 1 aliphatic rings. The van der Waals surface area contributed by atoms with Gasteiger partial charge in [0.05, 0.1) is 11.4 Å². The Bertz CT molecular complexity index is 566. The second-order valence-electron chi connectivity index (χ2n) is 4.59. The molecular formula is C15H17ClN2. The fourth-order valence-electron chi connectivity index (χ4n) is 2.51. The van der Waals surface area contributed by atoms with Crippen molar-refractivity contribution in [3.63, 3.8) is 0 Å². The van der Waals surface area contributed by atoms with Gasteiger partial charge in [0.15, 0.2) is 0 Å². The highest BCUT2D eigenvalue weighted by molar-refractivity contribution is 5.85. The molecular weight excluding hydrogens is 244 g/mol. The molecule has 94 valence electrons. The first-order valence-electron chi connectivity index (χ1n) is 5.97. The molecule has 0 atom stereocenters. The van der Waals surface area contributed by atoms with Crippen LogP contribution in [0.15, 0.2) is 42.5 Å². The average molecular weight is 261 g/mol. The maximum absolute atomic E-state index is 6.12. The molecule has 0 aliphatic carbocycles. The van der Waals surface area contributed by atoms with Gasteiger partial charge in [-0.3, -0.25) is 0 Å². The lowest BCUT2D eigenvalue weighted by atomic mass is 10.1. The predicted octanol–water partition coefficient (Wildman–Crippen LogP) is 3.69. The van der Waals surface area contributed by atoms with Crippen LogP contribution in [-0.2, 0) is 6.42 Å². The van der Waals surface area contributed by atoms with Crippen LogP contribution in [-0.4, -0.2) is 6.54 Å². The number of halogens is 1. The van der Waals surface area contributed by atoms with Gasteiger partial charge in [-0.2, -0.15) is 0 Å². The highest BCUT2D eigenvalue weighted by Gasteiger charge is 2.20. The molecule has 0 amide bonds. The summed E-state index contributed by atoms with van der Waals surface area (Å²) in [6.45, 7) is 3.09. The molecule has 2 aromatic carbocycles. The smallest absolute Gasteiger partial charge is 0.0644 e. The number of nitrogens with two attached hydrogens (primary N) is 1. The van der Waals surface area contributed by atoms with Gasteiger partial charge >= 0.3 is 0 Å². The van der Waals surface area contributed by atoms with E-state index in [0.29, 0.717) is 0 Å². The summed E-state index contributed by atoms with van der Waals surface area (Å²) >= 11 is 0. The van der Waals surface area contributed by atoms with E-state index in [4.69, 9.17) is 5.73 Å². The highest BCUT2D eigenvalue weighted by atomic mass is 35.5. The first-order chi connectivity index (χ1) is 8.25. The van der Waals surface area contributed by atoms with E-state index in [9.17, 15) is 0 Å². The molecule has 0 aromatic heterocycles. The third-order valence-electron chi connectivity index (χ3n) is 3.36. The summed E-state index contributed by atoms with van der Waals surface area (Å²) in [5, 5.41) is 0. The maximum Gasteiger partial charge on any atom is 0.0644 e. The Morgan fingerprint density at radius 3 is 2.61 bits per heavy atom. The molecule has 0 bridgehead atoms. The molecule has 0 saturated carbocycles. The number of rotatable bonds is 1. The van der Waals surface area contributed by atoms with Crippen molar-refractivity contribution in [3.05, 3.63) is 53.6 Å². The molecule has 1 aliphatic heterocycles. The Kier molecular flexibility index (Phi) is 3.48. The van der Waals surface area contributed by atoms with Crippen molar-refractivity contribution in [2.75, 3.05) is 17.2 Å². The number of hydrogen-bond acceptors (Lipinski definition) is 2. The minimum absolute atomic E-state index is 0. The number of anilines is 3. The molecule has 0 spiro atoms. The van der Waals surface area contributed by atoms with Crippen LogP contribution in [0.25, 0.3) is 0 Å². The summed E-state index contributed by atoms with van der Waals surface area (Å²) < 4.78 is 0. The van der Waals surface area contributed by atoms with Crippen molar-refractivity contribution in [3.8, 4) is 0 Å². The zero-order valence-corrected chi connectivity index (χ0v) is 11.2. The van der Waals surface area contributed by atoms with Crippen LogP contribution < -0.4 is 10.6 Å². The van der Waals surface area contributed by atoms with Gasteiger partial charge in [-0.25, -0.2) is 0 Å². The molecule has 2 N–H and O–H groups in total. The lowest BCUT2D eigenvalue weighted by Gasteiger charge is -2.21. The van der Waals surface area contributed by atoms with E-state index in [1.54, 1.807) is 0 Å². The summed E-state index contributed by atoms with van der Waals surface area (Å²) in [7, 11) is 0. The molecule has 0 radical (unpaired) electrons. The third kappa shape index (κ3) is 2.04. The fourth-order valence-corrected chi connectivity index (χ4v) is 2.51. The molecule has 1 heterocycles. The minimum atomic E-state index is 0. The largest absolute Gasteiger partial charge is 0.397 e. The van der Waals surface area contributed by atoms with E-state index in [0.717, 1.165) is 24.3 Å². The quantitative estimate of drug-likeness (QED) is 0.793. The Labute approximate surface area is 114 Å². The van der Waals surface area contributed by atoms with Crippen LogP contribution in [0.3, 0.4) is 0 Å². The second-order valence-corrected chi connectivity index (χ2v) is 4.59. The number of hydrogen-bond donors (Lipinski definition) is 1. The van der Waals surface area contributed by atoms with Gasteiger partial charge in [-0.15, -0.1) is 12.4 Å². The molecule has 18 heavy (non-hydrogen) atoms. The van der Waals surface area contributed by atoms with Gasteiger partial charge in [0, 0.05) is 12.2 Å². The van der Waals surface area contributed by atoms with Gasteiger partial charge in [0.2, 0.25) is 0 Å². The van der Waals surface area contributed by atoms with E-state index in [2.05, 4.69) is 48.2 Å². The van der Waals surface area contributed by atoms with E-state index >= 15 is 0 Å². The lowest BCUT2D eigenvalue weighted by Crippen LogP contribution is -2.14. The molecule has 3 heteroatoms. The van der Waals surface area contributed by atoms with Gasteiger partial charge < -0.3 is 10.6 Å². The van der Waals surface area contributed by atoms with Crippen LogP contribution in [0.1, 0.15) is 11.1 Å². The lowest BCUT2D eigenvalue weighted by molar-refractivity contribution is 0.999. The third-order valence-corrected chi connectivity index (χ3v) is 3.36. The van der Waals surface area contributed by atoms with Crippen molar-refractivity contribution < 1.29 is 0 Å². The van der Waals surface area contributed by atoms with Crippen LogP contribution in [0.2, 0.25) is 0 Å². The van der Waals surface area contributed by atoms with Crippen LogP contribution in [0.4, 0.5) is 17.1 Å². The molecule has 2 aromatic rings. The summed E-state index contributed by atoms with van der Waals surface area (Å²) in [4.78, 5) is 2.31. The van der Waals surface area contributed by atoms with Crippen LogP contribution >= 0.6 is 12.4 Å². The van der Waals surface area contributed by atoms with Gasteiger partial charge in [0.1, 0.15) is 0 Å². The van der Waals surface area contributed by atoms with E-state index in [-0.39, 0.29) is 12.4 Å². The van der Waals surface area contributed by atoms with E-state index in [1.165, 1.54) is 16.8 Å². The second kappa shape index (κ2) is 4.91. The Morgan fingerprint density at radius 1 is 1.06 bits per heavy atom. The van der Waals surface area contributed by atoms with Gasteiger partial charge in [0.25, 0.3) is 0 Å². The number of benzene rings is 2. The number of fused-ring (bicyclic) bond motifs is 1. The number of aryl methyl sites for hydroxylation is 1. The molecule has 0 fully saturated rings. The van der Waals surface area contributed by atoms with Crippen LogP contribution in [0, 0.1) is 6.92 Å². The van der Waals surface area contributed by atoms with Crippen molar-refractivity contribution in [2.24, 2.45) is 0 Å². The van der Waals surface area contributed by atoms with E-state index < -0.39 is 0 Å². The normalized spacial score (nSPS) is 13.1. The molecule has 3 rings (SSSR count). The van der Waals surface area contributed by atoms with E-state index in [1.807, 2.05) is 6.07 Å². The topological polar surface area (TPSA) is 29.3 Å². The van der Waals surface area contributed by atoms with Gasteiger partial charge in [-0.05, 0) is 42.7 Å². The highest BCUT2D eigenvalue weighted by Crippen LogP contribution is 2.37. The zero-order valence-electron chi connectivity index (χ0n) is 10.4. The van der Waals surface area contributed by atoms with Crippen molar-refractivity contribution >= 4 is 29.5 Å². The predicted molar refractivity (Wildman–Crippen MR) is 80.0 cm³/mol. The van der Waals surface area contributed by atoms with Crippen LogP contribution in [0.5, 0.6) is 0 Å². The monoisotopic (exact) mass is 260 g/mol. The number of nitrogens with zero attached hydrogens (tertiary/aromatic N) is 1. The summed E-state index contributed by atoms with van der Waals surface area (Å²) in [5.41, 5.74) is 12.0. The summed E-state index contributed by atoms with van der Waals surface area (Å²) in [5.74, 6) is 0. The summed E-state index contributed by atoms with van der Waals surface area (Å²) in [6.07, 6.45) is 1.10. The molecule has 0 unspecified atom stereocenters. The minimum Gasteiger partial charge on any atom is -0.397 e. The molecule has 2 nitrogen and oxygen atoms in total. The molecule has 0 saturated heterocycles. The zero-order chi connectivity index (χ0) is 11.8. The average Bonchev–Trinajstić information content (AvgIpc) is 2.73. The standard InChI is InChI=1S/C15H16N2.ClH/c1-11-6-7-15(13(16)10-11)17-9-8-12-4-2-3-5-14(12)17;/h2-7,10H,8-9,16H2,1H3;1H. The van der Waals surface area contributed by atoms with Gasteiger partial charge in [-0.1, -0.05) is 24.3 Å². The van der Waals surface area contributed by atoms with Crippen molar-refractivity contribution in [1.29, 1.82) is 0 Å². The summed E-state index contributed by atoms with van der Waals surface area (Å²) in [6, 6.07) is 14.8. The first-order valence-corrected chi connectivity index (χ1v) is 5.97. The number of nitrogen functional groups attached to an aromatic ring is 1.